The lowest BCUT2D eigenvalue weighted by Gasteiger charge is -2.38. The number of carbonyl (C=O) groups is 1. The summed E-state index contributed by atoms with van der Waals surface area (Å²) >= 11 is 6.12. The van der Waals surface area contributed by atoms with Crippen LogP contribution in [0.1, 0.15) is 17.5 Å². The Balaban J connectivity index is 2.11. The third-order valence-corrected chi connectivity index (χ3v) is 4.98. The van der Waals surface area contributed by atoms with Gasteiger partial charge in [0, 0.05) is 19.0 Å². The molecule has 1 heterocycles. The maximum atomic E-state index is 13.0. The molecule has 4 nitrogen and oxygen atoms in total. The zero-order valence-corrected chi connectivity index (χ0v) is 14.3. The van der Waals surface area contributed by atoms with E-state index < -0.39 is 24.0 Å². The minimum atomic E-state index is -4.29. The molecule has 1 saturated heterocycles. The Labute approximate surface area is 144 Å². The van der Waals surface area contributed by atoms with Crippen molar-refractivity contribution in [1.29, 1.82) is 0 Å². The quantitative estimate of drug-likeness (QED) is 0.835. The van der Waals surface area contributed by atoms with Gasteiger partial charge in [-0.2, -0.15) is 13.2 Å². The average molecular weight is 364 g/mol. The molecular weight excluding hydrogens is 343 g/mol. The van der Waals surface area contributed by atoms with Crippen molar-refractivity contribution in [3.63, 3.8) is 0 Å². The number of nitrogens with two attached hydrogens (primary N) is 1. The molecule has 2 atom stereocenters. The first-order valence-electron chi connectivity index (χ1n) is 7.73. The molecule has 0 aliphatic carbocycles. The van der Waals surface area contributed by atoms with E-state index in [2.05, 4.69) is 5.32 Å². The molecule has 8 heteroatoms. The van der Waals surface area contributed by atoms with Crippen molar-refractivity contribution >= 4 is 23.3 Å². The number of hydrogen-bond donors (Lipinski definition) is 2. The molecule has 0 radical (unpaired) electrons. The second kappa shape index (κ2) is 7.19. The number of carbonyl (C=O) groups excluding carboxylic acids is 1. The molecule has 0 saturated carbocycles. The number of alkyl halides is 3. The van der Waals surface area contributed by atoms with Gasteiger partial charge in [-0.15, -0.1) is 0 Å². The number of piperidine rings is 1. The van der Waals surface area contributed by atoms with Crippen LogP contribution in [0.5, 0.6) is 0 Å². The van der Waals surface area contributed by atoms with Crippen LogP contribution >= 0.6 is 11.6 Å². The summed E-state index contributed by atoms with van der Waals surface area (Å²) in [6.45, 7) is 3.62. The number of benzene rings is 1. The van der Waals surface area contributed by atoms with Crippen LogP contribution in [-0.4, -0.2) is 36.7 Å². The van der Waals surface area contributed by atoms with Gasteiger partial charge in [0.1, 0.15) is 0 Å². The number of anilines is 1. The van der Waals surface area contributed by atoms with Gasteiger partial charge >= 0.3 is 12.2 Å². The predicted molar refractivity (Wildman–Crippen MR) is 88.2 cm³/mol. The molecule has 1 fully saturated rings. The van der Waals surface area contributed by atoms with Crippen molar-refractivity contribution in [3.05, 3.63) is 28.3 Å². The maximum Gasteiger partial charge on any atom is 0.392 e. The van der Waals surface area contributed by atoms with Crippen molar-refractivity contribution in [1.82, 2.24) is 4.90 Å². The molecule has 2 amide bonds. The van der Waals surface area contributed by atoms with E-state index in [1.54, 1.807) is 6.07 Å². The Morgan fingerprint density at radius 1 is 1.42 bits per heavy atom. The van der Waals surface area contributed by atoms with E-state index in [0.717, 1.165) is 11.1 Å². The van der Waals surface area contributed by atoms with Crippen LogP contribution in [0.4, 0.5) is 23.7 Å². The van der Waals surface area contributed by atoms with Crippen LogP contribution in [0, 0.1) is 25.7 Å². The third-order valence-electron chi connectivity index (χ3n) is 4.66. The van der Waals surface area contributed by atoms with Crippen LogP contribution in [0.25, 0.3) is 0 Å². The largest absolute Gasteiger partial charge is 0.392 e. The smallest absolute Gasteiger partial charge is 0.330 e. The number of aryl methyl sites for hydroxylation is 1. The Kier molecular flexibility index (Phi) is 5.65. The molecule has 1 aromatic rings. The highest BCUT2D eigenvalue weighted by molar-refractivity contribution is 6.34. The minimum Gasteiger partial charge on any atom is -0.330 e. The van der Waals surface area contributed by atoms with Crippen molar-refractivity contribution < 1.29 is 18.0 Å². The van der Waals surface area contributed by atoms with Gasteiger partial charge in [0.2, 0.25) is 0 Å². The summed E-state index contributed by atoms with van der Waals surface area (Å²) in [5.41, 5.74) is 7.78. The normalized spacial score (nSPS) is 21.7. The molecule has 134 valence electrons. The molecule has 0 aromatic heterocycles. The molecule has 24 heavy (non-hydrogen) atoms. The van der Waals surface area contributed by atoms with Gasteiger partial charge < -0.3 is 16.0 Å². The number of nitrogens with one attached hydrogen (secondary N) is 1. The van der Waals surface area contributed by atoms with Crippen LogP contribution in [0.2, 0.25) is 5.02 Å². The van der Waals surface area contributed by atoms with E-state index in [9.17, 15) is 18.0 Å². The number of rotatable bonds is 2. The number of amides is 2. The topological polar surface area (TPSA) is 58.4 Å². The monoisotopic (exact) mass is 363 g/mol. The molecule has 2 unspecified atom stereocenters. The Morgan fingerprint density at radius 3 is 2.67 bits per heavy atom. The van der Waals surface area contributed by atoms with E-state index >= 15 is 0 Å². The second-order valence-electron chi connectivity index (χ2n) is 6.17. The highest BCUT2D eigenvalue weighted by Crippen LogP contribution is 2.38. The highest BCUT2D eigenvalue weighted by Gasteiger charge is 2.47. The molecule has 3 N–H and O–H groups in total. The van der Waals surface area contributed by atoms with Crippen molar-refractivity contribution in [2.45, 2.75) is 26.4 Å². The van der Waals surface area contributed by atoms with E-state index in [-0.39, 0.29) is 26.1 Å². The zero-order valence-electron chi connectivity index (χ0n) is 13.6. The summed E-state index contributed by atoms with van der Waals surface area (Å²) in [5, 5.41) is 3.12. The molecule has 0 bridgehead atoms. The lowest BCUT2D eigenvalue weighted by atomic mass is 9.85. The molecule has 1 aliphatic rings. The van der Waals surface area contributed by atoms with Crippen molar-refractivity contribution in [2.24, 2.45) is 17.6 Å². The molecule has 1 aliphatic heterocycles. The van der Waals surface area contributed by atoms with Gasteiger partial charge in [-0.05, 0) is 44.0 Å². The Bertz CT molecular complexity index is 621. The van der Waals surface area contributed by atoms with Gasteiger partial charge in [-0.25, -0.2) is 4.79 Å². The average Bonchev–Trinajstić information content (AvgIpc) is 2.53. The maximum absolute atomic E-state index is 13.0. The number of nitrogens with zero attached hydrogens (tertiary/aromatic N) is 1. The number of urea groups is 1. The van der Waals surface area contributed by atoms with Crippen LogP contribution in [0.3, 0.4) is 0 Å². The SMILES string of the molecule is Cc1ccc(Cl)c(NC(=O)N2CCC(C(F)(F)F)C(CN)C2)c1C. The van der Waals surface area contributed by atoms with E-state index in [1.807, 2.05) is 19.9 Å². The van der Waals surface area contributed by atoms with Gasteiger partial charge in [0.25, 0.3) is 0 Å². The van der Waals surface area contributed by atoms with E-state index in [1.165, 1.54) is 4.90 Å². The van der Waals surface area contributed by atoms with Gasteiger partial charge in [0.15, 0.2) is 0 Å². The minimum absolute atomic E-state index is 0.0189. The van der Waals surface area contributed by atoms with Crippen LogP contribution in [0.15, 0.2) is 12.1 Å². The summed E-state index contributed by atoms with van der Waals surface area (Å²) in [5.74, 6) is -2.26. The summed E-state index contributed by atoms with van der Waals surface area (Å²) < 4.78 is 39.0. The van der Waals surface area contributed by atoms with Gasteiger partial charge in [-0.1, -0.05) is 17.7 Å². The second-order valence-corrected chi connectivity index (χ2v) is 6.58. The van der Waals surface area contributed by atoms with Gasteiger partial charge in [-0.3, -0.25) is 0 Å². The lowest BCUT2D eigenvalue weighted by Crippen LogP contribution is -2.51. The van der Waals surface area contributed by atoms with Gasteiger partial charge in [0.05, 0.1) is 16.6 Å². The first-order valence-corrected chi connectivity index (χ1v) is 8.11. The standard InChI is InChI=1S/C16H21ClF3N3O/c1-9-3-4-13(17)14(10(9)2)22-15(24)23-6-5-12(16(18,19)20)11(7-21)8-23/h3-4,11-12H,5-8,21H2,1-2H3,(H,22,24). The summed E-state index contributed by atoms with van der Waals surface area (Å²) in [4.78, 5) is 13.8. The molecule has 0 spiro atoms. The highest BCUT2D eigenvalue weighted by atomic mass is 35.5. The van der Waals surface area contributed by atoms with Crippen LogP contribution < -0.4 is 11.1 Å². The van der Waals surface area contributed by atoms with E-state index in [4.69, 9.17) is 17.3 Å². The van der Waals surface area contributed by atoms with Crippen LogP contribution in [-0.2, 0) is 0 Å². The first kappa shape index (κ1) is 18.9. The first-order chi connectivity index (χ1) is 11.1. The number of likely N-dealkylation sites (tertiary alicyclic amines) is 1. The fourth-order valence-electron chi connectivity index (χ4n) is 3.01. The number of halogens is 4. The summed E-state index contributed by atoms with van der Waals surface area (Å²) in [6, 6.07) is 3.06. The lowest BCUT2D eigenvalue weighted by molar-refractivity contribution is -0.197. The molecule has 2 rings (SSSR count). The fourth-order valence-corrected chi connectivity index (χ4v) is 3.26. The predicted octanol–water partition coefficient (Wildman–Crippen LogP) is 3.95. The third kappa shape index (κ3) is 3.95. The van der Waals surface area contributed by atoms with Crippen molar-refractivity contribution in [3.8, 4) is 0 Å². The Morgan fingerprint density at radius 2 is 2.08 bits per heavy atom. The Hall–Kier alpha value is -1.47. The number of hydrogen-bond acceptors (Lipinski definition) is 2. The molecular formula is C16H21ClF3N3O. The zero-order chi connectivity index (χ0) is 18.1. The summed E-state index contributed by atoms with van der Waals surface area (Å²) in [7, 11) is 0. The van der Waals surface area contributed by atoms with E-state index in [0.29, 0.717) is 10.7 Å². The molecule has 1 aromatic carbocycles. The fraction of sp³-hybridized carbons (Fsp3) is 0.562. The summed E-state index contributed by atoms with van der Waals surface area (Å²) in [6.07, 6.45) is -4.43. The van der Waals surface area contributed by atoms with Crippen molar-refractivity contribution in [2.75, 3.05) is 25.0 Å².